The Morgan fingerprint density at radius 3 is 2.56 bits per heavy atom. The lowest BCUT2D eigenvalue weighted by atomic mass is 10.0. The van der Waals surface area contributed by atoms with Crippen molar-refractivity contribution >= 4 is 28.8 Å². The van der Waals surface area contributed by atoms with Crippen molar-refractivity contribution in [2.24, 2.45) is 0 Å². The van der Waals surface area contributed by atoms with Gasteiger partial charge in [-0.25, -0.2) is 13.9 Å². The van der Waals surface area contributed by atoms with E-state index in [9.17, 15) is 22.4 Å². The van der Waals surface area contributed by atoms with Crippen molar-refractivity contribution in [1.29, 1.82) is 0 Å². The van der Waals surface area contributed by atoms with E-state index in [4.69, 9.17) is 11.6 Å². The zero-order valence-corrected chi connectivity index (χ0v) is 22.6. The van der Waals surface area contributed by atoms with E-state index in [1.165, 1.54) is 28.9 Å². The van der Waals surface area contributed by atoms with Crippen LogP contribution in [0.15, 0.2) is 48.8 Å². The van der Waals surface area contributed by atoms with Crippen molar-refractivity contribution in [2.45, 2.75) is 19.4 Å². The minimum Gasteiger partial charge on any atom is -0.322 e. The molecule has 0 atom stereocenters. The first-order chi connectivity index (χ1) is 19.6. The van der Waals surface area contributed by atoms with Crippen molar-refractivity contribution in [1.82, 2.24) is 29.4 Å². The number of fused-ring (bicyclic) bond motifs is 1. The number of rotatable bonds is 5. The molecule has 0 spiro atoms. The Morgan fingerprint density at radius 1 is 1.05 bits per heavy atom. The van der Waals surface area contributed by atoms with Gasteiger partial charge in [-0.1, -0.05) is 23.6 Å². The van der Waals surface area contributed by atoms with E-state index >= 15 is 0 Å². The molecular weight excluding hydrogens is 562 g/mol. The number of aromatic nitrogens is 4. The molecule has 1 saturated heterocycles. The molecule has 1 fully saturated rings. The number of carbonyl (C=O) groups excluding carboxylic acids is 1. The average molecular weight is 586 g/mol. The van der Waals surface area contributed by atoms with Gasteiger partial charge >= 0.3 is 6.18 Å². The van der Waals surface area contributed by atoms with Crippen LogP contribution in [-0.4, -0.2) is 68.5 Å². The molecule has 212 valence electrons. The van der Waals surface area contributed by atoms with E-state index in [0.29, 0.717) is 24.4 Å². The third-order valence-corrected chi connectivity index (χ3v) is 6.88. The number of nitrogens with one attached hydrogen (secondary N) is 1. The lowest BCUT2D eigenvalue weighted by Gasteiger charge is -2.33. The van der Waals surface area contributed by atoms with Gasteiger partial charge in [-0.15, -0.1) is 0 Å². The lowest BCUT2D eigenvalue weighted by molar-refractivity contribution is -0.138. The molecule has 1 aliphatic heterocycles. The number of hydrogen-bond acceptors (Lipinski definition) is 6. The summed E-state index contributed by atoms with van der Waals surface area (Å²) in [5.74, 6) is 4.90. The standard InChI is InChI=1S/C28H24ClF4N7O/c1-38-8-10-39(11-9-38)17-19-2-4-21(13-23(19)28(31,32)33)36-27(41)20-12-18(24(14-30)34-15-20)3-5-22-16-35-26-7-6-25(29)37-40(22)26/h2,4,6-7,12-13,15-16H,8-11,14,17H2,1H3,(H,36,41). The maximum atomic E-state index is 13.9. The van der Waals surface area contributed by atoms with Crippen LogP contribution in [0, 0.1) is 11.8 Å². The van der Waals surface area contributed by atoms with E-state index < -0.39 is 24.3 Å². The Hall–Kier alpha value is -4.05. The van der Waals surface area contributed by atoms with Crippen LogP contribution in [0.1, 0.15) is 38.4 Å². The number of nitrogens with zero attached hydrogens (tertiary/aromatic N) is 6. The first-order valence-corrected chi connectivity index (χ1v) is 13.0. The van der Waals surface area contributed by atoms with Crippen LogP contribution in [0.5, 0.6) is 0 Å². The predicted octanol–water partition coefficient (Wildman–Crippen LogP) is 4.67. The Labute approximate surface area is 237 Å². The van der Waals surface area contributed by atoms with Crippen molar-refractivity contribution in [3.63, 3.8) is 0 Å². The molecule has 4 heterocycles. The molecule has 3 aromatic heterocycles. The van der Waals surface area contributed by atoms with Gasteiger partial charge in [-0.3, -0.25) is 14.7 Å². The number of benzene rings is 1. The number of halogens is 5. The van der Waals surface area contributed by atoms with Crippen LogP contribution < -0.4 is 5.32 Å². The fraction of sp³-hybridized carbons (Fsp3) is 0.286. The fourth-order valence-corrected chi connectivity index (χ4v) is 4.54. The molecule has 0 bridgehead atoms. The minimum absolute atomic E-state index is 0.000818. The summed E-state index contributed by atoms with van der Waals surface area (Å²) in [4.78, 5) is 25.2. The van der Waals surface area contributed by atoms with E-state index in [2.05, 4.69) is 37.1 Å². The molecule has 8 nitrogen and oxygen atoms in total. The Kier molecular flexibility index (Phi) is 8.21. The predicted molar refractivity (Wildman–Crippen MR) is 145 cm³/mol. The average Bonchev–Trinajstić information content (AvgIpc) is 3.35. The first-order valence-electron chi connectivity index (χ1n) is 12.6. The van der Waals surface area contributed by atoms with Gasteiger partial charge < -0.3 is 10.2 Å². The second kappa shape index (κ2) is 11.8. The summed E-state index contributed by atoms with van der Waals surface area (Å²) >= 11 is 5.95. The molecule has 0 unspecified atom stereocenters. The molecular formula is C28H24ClF4N7O. The smallest absolute Gasteiger partial charge is 0.322 e. The summed E-state index contributed by atoms with van der Waals surface area (Å²) in [6, 6.07) is 8.31. The highest BCUT2D eigenvalue weighted by Gasteiger charge is 2.34. The maximum absolute atomic E-state index is 13.9. The normalized spacial score (nSPS) is 14.6. The highest BCUT2D eigenvalue weighted by atomic mass is 35.5. The number of likely N-dealkylation sites (N-methyl/N-ethyl adjacent to an activating group) is 1. The van der Waals surface area contributed by atoms with Gasteiger partial charge in [-0.2, -0.15) is 18.3 Å². The van der Waals surface area contributed by atoms with Gasteiger partial charge in [-0.05, 0) is 48.9 Å². The maximum Gasteiger partial charge on any atom is 0.416 e. The summed E-state index contributed by atoms with van der Waals surface area (Å²) in [5, 5.41) is 6.85. The highest BCUT2D eigenvalue weighted by Crippen LogP contribution is 2.34. The number of piperazine rings is 1. The second-order valence-corrected chi connectivity index (χ2v) is 9.96. The molecule has 1 aromatic carbocycles. The quantitative estimate of drug-likeness (QED) is 0.271. The van der Waals surface area contributed by atoms with Crippen LogP contribution in [0.4, 0.5) is 23.2 Å². The largest absolute Gasteiger partial charge is 0.416 e. The van der Waals surface area contributed by atoms with Crippen molar-refractivity contribution in [3.8, 4) is 11.8 Å². The Bertz CT molecular complexity index is 1650. The molecule has 1 aliphatic rings. The van der Waals surface area contributed by atoms with Crippen LogP contribution in [-0.2, 0) is 19.4 Å². The molecule has 1 N–H and O–H groups in total. The van der Waals surface area contributed by atoms with Gasteiger partial charge in [0, 0.05) is 44.6 Å². The molecule has 1 amide bonds. The fourth-order valence-electron chi connectivity index (χ4n) is 4.41. The number of alkyl halides is 4. The monoisotopic (exact) mass is 585 g/mol. The highest BCUT2D eigenvalue weighted by molar-refractivity contribution is 6.29. The molecule has 0 saturated carbocycles. The molecule has 41 heavy (non-hydrogen) atoms. The van der Waals surface area contributed by atoms with Gasteiger partial charge in [0.2, 0.25) is 0 Å². The van der Waals surface area contributed by atoms with E-state index in [-0.39, 0.29) is 39.8 Å². The summed E-state index contributed by atoms with van der Waals surface area (Å²) in [6.45, 7) is 2.11. The summed E-state index contributed by atoms with van der Waals surface area (Å²) in [7, 11) is 1.97. The molecule has 0 aliphatic carbocycles. The Morgan fingerprint density at radius 2 is 1.83 bits per heavy atom. The van der Waals surface area contributed by atoms with E-state index in [1.54, 1.807) is 12.1 Å². The minimum atomic E-state index is -4.60. The number of anilines is 1. The van der Waals surface area contributed by atoms with Gasteiger partial charge in [0.1, 0.15) is 17.5 Å². The SMILES string of the molecule is CN1CCN(Cc2ccc(NC(=O)c3cnc(CF)c(C#Cc4cnc5ccc(Cl)nn45)c3)cc2C(F)(F)F)CC1. The zero-order valence-electron chi connectivity index (χ0n) is 21.8. The van der Waals surface area contributed by atoms with Gasteiger partial charge in [0.05, 0.1) is 28.6 Å². The second-order valence-electron chi connectivity index (χ2n) is 9.57. The van der Waals surface area contributed by atoms with Crippen molar-refractivity contribution < 1.29 is 22.4 Å². The summed E-state index contributed by atoms with van der Waals surface area (Å²) in [5.41, 5.74) is 0.309. The van der Waals surface area contributed by atoms with E-state index in [0.717, 1.165) is 25.4 Å². The number of pyridine rings is 1. The lowest BCUT2D eigenvalue weighted by Crippen LogP contribution is -2.44. The van der Waals surface area contributed by atoms with Crippen LogP contribution in [0.25, 0.3) is 5.65 Å². The Balaban J connectivity index is 1.37. The topological polar surface area (TPSA) is 78.7 Å². The first kappa shape index (κ1) is 28.5. The number of imidazole rings is 1. The van der Waals surface area contributed by atoms with Crippen LogP contribution in [0.2, 0.25) is 5.15 Å². The molecule has 4 aromatic rings. The zero-order chi connectivity index (χ0) is 29.1. The number of carbonyl (C=O) groups is 1. The van der Waals surface area contributed by atoms with Gasteiger partial charge in [0.15, 0.2) is 5.65 Å². The van der Waals surface area contributed by atoms with Crippen molar-refractivity contribution in [3.05, 3.63) is 87.6 Å². The van der Waals surface area contributed by atoms with Crippen LogP contribution in [0.3, 0.4) is 0 Å². The van der Waals surface area contributed by atoms with E-state index in [1.807, 2.05) is 11.9 Å². The summed E-state index contributed by atoms with van der Waals surface area (Å²) < 4.78 is 56.9. The molecule has 13 heteroatoms. The third-order valence-electron chi connectivity index (χ3n) is 6.68. The summed E-state index contributed by atoms with van der Waals surface area (Å²) in [6.07, 6.45) is -1.99. The third kappa shape index (κ3) is 6.65. The molecule has 0 radical (unpaired) electrons. The number of amides is 1. The van der Waals surface area contributed by atoms with Crippen molar-refractivity contribution in [2.75, 3.05) is 38.5 Å². The molecule has 5 rings (SSSR count). The van der Waals surface area contributed by atoms with Gasteiger partial charge in [0.25, 0.3) is 5.91 Å². The number of hydrogen-bond donors (Lipinski definition) is 1. The van der Waals surface area contributed by atoms with Crippen LogP contribution >= 0.6 is 11.6 Å².